The van der Waals surface area contributed by atoms with Crippen LogP contribution in [0.1, 0.15) is 42.5 Å². The molecule has 0 atom stereocenters. The van der Waals surface area contributed by atoms with Crippen molar-refractivity contribution in [2.45, 2.75) is 12.8 Å². The molecule has 17 nitrogen and oxygen atoms in total. The normalized spacial score (nSPS) is 10.8. The summed E-state index contributed by atoms with van der Waals surface area (Å²) in [6.07, 6.45) is 0.778. The molecular weight excluding hydrogens is 884 g/mol. The number of aliphatic hydroxyl groups is 2. The van der Waals surface area contributed by atoms with Gasteiger partial charge in [-0.25, -0.2) is 14.8 Å². The number of methoxy groups -OCH3 is 3. The van der Waals surface area contributed by atoms with Gasteiger partial charge in [-0.1, -0.05) is 35.3 Å². The zero-order valence-electron chi connectivity index (χ0n) is 33.3. The van der Waals surface area contributed by atoms with Crippen molar-refractivity contribution in [3.05, 3.63) is 116 Å². The Labute approximate surface area is 371 Å². The van der Waals surface area contributed by atoms with E-state index < -0.39 is 5.97 Å². The number of nitrogens with zero attached hydrogens (tertiary/aromatic N) is 6. The van der Waals surface area contributed by atoms with Crippen molar-refractivity contribution >= 4 is 78.2 Å². The highest BCUT2D eigenvalue weighted by atomic mass is 35.5. The van der Waals surface area contributed by atoms with Gasteiger partial charge in [0, 0.05) is 24.2 Å². The fraction of sp³-hybridized carbons (Fsp3) is 0.220. The monoisotopic (exact) mass is 920 g/mol. The number of ether oxygens (including phenoxy) is 3. The second-order valence-electron chi connectivity index (χ2n) is 12.6. The van der Waals surface area contributed by atoms with Crippen LogP contribution in [0.2, 0.25) is 10.0 Å². The lowest BCUT2D eigenvalue weighted by molar-refractivity contribution is 0.0600. The summed E-state index contributed by atoms with van der Waals surface area (Å²) >= 11 is 15.2. The van der Waals surface area contributed by atoms with E-state index in [9.17, 15) is 9.59 Å². The lowest BCUT2D eigenvalue weighted by Crippen LogP contribution is -2.26. The highest BCUT2D eigenvalue weighted by Crippen LogP contribution is 2.33. The Morgan fingerprint density at radius 3 is 1.65 bits per heavy atom. The van der Waals surface area contributed by atoms with Crippen LogP contribution in [0.25, 0.3) is 43.3 Å². The van der Waals surface area contributed by atoms with Crippen LogP contribution in [0.15, 0.2) is 81.6 Å². The Kier molecular flexibility index (Phi) is 15.9. The van der Waals surface area contributed by atoms with Crippen molar-refractivity contribution in [3.63, 3.8) is 0 Å². The Hall–Kier alpha value is -6.06. The third kappa shape index (κ3) is 11.1. The highest BCUT2D eigenvalue weighted by molar-refractivity contribution is 7.19. The highest BCUT2D eigenvalue weighted by Gasteiger charge is 2.19. The van der Waals surface area contributed by atoms with E-state index in [1.54, 1.807) is 62.0 Å². The maximum atomic E-state index is 12.2. The molecule has 21 heteroatoms. The lowest BCUT2D eigenvalue weighted by atomic mass is 10.1. The molecule has 0 fully saturated rings. The van der Waals surface area contributed by atoms with Gasteiger partial charge in [0.1, 0.15) is 32.5 Å². The Morgan fingerprint density at radius 1 is 0.710 bits per heavy atom. The van der Waals surface area contributed by atoms with Gasteiger partial charge >= 0.3 is 5.97 Å². The number of nitrogens with one attached hydrogen (secondary N) is 1. The van der Waals surface area contributed by atoms with Crippen LogP contribution >= 0.6 is 45.9 Å². The minimum Gasteiger partial charge on any atom is -0.494 e. The maximum Gasteiger partial charge on any atom is 0.339 e. The van der Waals surface area contributed by atoms with E-state index in [-0.39, 0.29) is 53.6 Å². The number of amides is 1. The van der Waals surface area contributed by atoms with Crippen LogP contribution in [-0.4, -0.2) is 100 Å². The average molecular weight is 922 g/mol. The van der Waals surface area contributed by atoms with E-state index in [0.717, 1.165) is 41.9 Å². The number of aromatic nitrogens is 6. The van der Waals surface area contributed by atoms with Gasteiger partial charge in [-0.05, 0) is 60.7 Å². The van der Waals surface area contributed by atoms with Gasteiger partial charge in [0.05, 0.1) is 78.0 Å². The summed E-state index contributed by atoms with van der Waals surface area (Å²) in [7, 11) is 4.53. The second-order valence-corrected chi connectivity index (χ2v) is 15.6. The quantitative estimate of drug-likeness (QED) is 0.0885. The number of rotatable bonds is 13. The summed E-state index contributed by atoms with van der Waals surface area (Å²) in [5, 5.41) is 37.8. The molecule has 0 bridgehead atoms. The predicted octanol–water partition coefficient (Wildman–Crippen LogP) is 6.64. The van der Waals surface area contributed by atoms with Crippen molar-refractivity contribution in [3.8, 4) is 34.4 Å². The van der Waals surface area contributed by atoms with Gasteiger partial charge in [0.2, 0.25) is 23.6 Å². The molecule has 0 aliphatic carbocycles. The molecule has 5 N–H and O–H groups in total. The zero-order valence-corrected chi connectivity index (χ0v) is 36.4. The SMILES string of the molecule is COC(=O)c1cc(-c2nnc(Cc3nc4c(OC)cccc4s3)o2)ccc1Cl.COc1cccc2sc(Cc3nnc(-c4ccc(Cl)c(C(=O)NCCO)c4)o3)nc12.NCCO. The number of esters is 1. The molecular formula is C41H38Cl2N8O9S2. The summed E-state index contributed by atoms with van der Waals surface area (Å²) in [5.74, 6) is 1.91. The number of halogens is 2. The minimum absolute atomic E-state index is 0.0972. The molecule has 4 aromatic carbocycles. The number of aliphatic hydroxyl groups excluding tert-OH is 2. The third-order valence-electron chi connectivity index (χ3n) is 8.43. The summed E-state index contributed by atoms with van der Waals surface area (Å²) in [6.45, 7) is 0.449. The molecule has 0 unspecified atom stereocenters. The molecule has 0 radical (unpaired) electrons. The van der Waals surface area contributed by atoms with Crippen molar-refractivity contribution in [2.24, 2.45) is 5.73 Å². The average Bonchev–Trinajstić information content (AvgIpc) is 4.13. The summed E-state index contributed by atoms with van der Waals surface area (Å²) in [5.41, 5.74) is 8.04. The number of hydrogen-bond donors (Lipinski definition) is 4. The summed E-state index contributed by atoms with van der Waals surface area (Å²) in [6, 6.07) is 21.3. The first-order valence-corrected chi connectivity index (χ1v) is 20.9. The molecule has 0 aliphatic rings. The van der Waals surface area contributed by atoms with Gasteiger partial charge in [0.25, 0.3) is 5.91 Å². The molecule has 4 heterocycles. The molecule has 8 rings (SSSR count). The standard InChI is InChI=1S/C20H17ClN4O4S.C19H14ClN3O4S.C2H7NO/c1-28-14-3-2-4-15-18(14)23-17(30-15)10-16-24-25-20(29-16)11-5-6-13(21)12(9-11)19(27)22-7-8-26;1-25-13-4-3-5-14-17(13)21-16(28-14)9-15-22-23-18(27-15)10-6-7-12(20)11(8-10)19(24)26-2;3-1-2-4/h2-6,9,26H,7-8,10H2,1H3,(H,22,27);3-8H,9H2,1-2H3;4H,1-3H2. The van der Waals surface area contributed by atoms with Gasteiger partial charge < -0.3 is 44.3 Å². The number of carbonyl (C=O) groups excluding carboxylic acids is 2. The van der Waals surface area contributed by atoms with Crippen LogP contribution in [0.5, 0.6) is 11.5 Å². The van der Waals surface area contributed by atoms with E-state index in [1.165, 1.54) is 18.4 Å². The largest absolute Gasteiger partial charge is 0.494 e. The van der Waals surface area contributed by atoms with Gasteiger partial charge in [0.15, 0.2) is 0 Å². The minimum atomic E-state index is -0.532. The maximum absolute atomic E-state index is 12.2. The molecule has 0 aliphatic heterocycles. The van der Waals surface area contributed by atoms with Crippen molar-refractivity contribution < 1.29 is 42.8 Å². The van der Waals surface area contributed by atoms with E-state index in [1.807, 2.05) is 36.4 Å². The van der Waals surface area contributed by atoms with E-state index >= 15 is 0 Å². The summed E-state index contributed by atoms with van der Waals surface area (Å²) in [4.78, 5) is 33.2. The molecule has 0 spiro atoms. The second kappa shape index (κ2) is 21.6. The fourth-order valence-electron chi connectivity index (χ4n) is 5.58. The number of fused-ring (bicyclic) bond motifs is 2. The molecule has 4 aromatic heterocycles. The van der Waals surface area contributed by atoms with Crippen LogP contribution in [0.4, 0.5) is 0 Å². The predicted molar refractivity (Wildman–Crippen MR) is 234 cm³/mol. The Balaban J connectivity index is 0.000000191. The van der Waals surface area contributed by atoms with E-state index in [0.29, 0.717) is 47.3 Å². The number of thiazole rings is 2. The van der Waals surface area contributed by atoms with Gasteiger partial charge in [-0.3, -0.25) is 4.79 Å². The molecule has 322 valence electrons. The van der Waals surface area contributed by atoms with Gasteiger partial charge in [-0.2, -0.15) is 0 Å². The van der Waals surface area contributed by atoms with Crippen LogP contribution in [0, 0.1) is 0 Å². The first-order valence-electron chi connectivity index (χ1n) is 18.5. The Bertz CT molecular complexity index is 2790. The lowest BCUT2D eigenvalue weighted by Gasteiger charge is -2.06. The third-order valence-corrected chi connectivity index (χ3v) is 11.1. The van der Waals surface area contributed by atoms with Crippen LogP contribution < -0.4 is 20.5 Å². The smallest absolute Gasteiger partial charge is 0.339 e. The van der Waals surface area contributed by atoms with E-state index in [4.69, 9.17) is 62.2 Å². The number of carbonyl (C=O) groups is 2. The number of para-hydroxylation sites is 2. The van der Waals surface area contributed by atoms with E-state index in [2.05, 4.69) is 35.7 Å². The zero-order chi connectivity index (χ0) is 44.2. The molecule has 1 amide bonds. The fourth-order valence-corrected chi connectivity index (χ4v) is 7.93. The number of benzene rings is 4. The molecule has 62 heavy (non-hydrogen) atoms. The van der Waals surface area contributed by atoms with Crippen molar-refractivity contribution in [1.82, 2.24) is 35.7 Å². The van der Waals surface area contributed by atoms with Crippen LogP contribution in [-0.2, 0) is 17.6 Å². The summed E-state index contributed by atoms with van der Waals surface area (Å²) < 4.78 is 29.0. The van der Waals surface area contributed by atoms with Gasteiger partial charge in [-0.15, -0.1) is 43.1 Å². The van der Waals surface area contributed by atoms with Crippen molar-refractivity contribution in [2.75, 3.05) is 47.6 Å². The number of nitrogens with two attached hydrogens (primary N) is 1. The topological polar surface area (TPSA) is 244 Å². The number of hydrogen-bond acceptors (Lipinski definition) is 18. The Morgan fingerprint density at radius 2 is 1.19 bits per heavy atom. The van der Waals surface area contributed by atoms with Crippen molar-refractivity contribution in [1.29, 1.82) is 0 Å². The molecule has 0 saturated carbocycles. The molecule has 0 saturated heterocycles. The first kappa shape index (κ1) is 45.5. The molecule has 8 aromatic rings. The van der Waals surface area contributed by atoms with Crippen LogP contribution in [0.3, 0.4) is 0 Å². The first-order chi connectivity index (χ1) is 30.1.